The van der Waals surface area contributed by atoms with E-state index in [2.05, 4.69) is 15.6 Å². The molecule has 1 fully saturated rings. The topological polar surface area (TPSA) is 80.3 Å². The molecule has 23 heavy (non-hydrogen) atoms. The molecule has 2 rings (SSSR count). The van der Waals surface area contributed by atoms with E-state index in [1.54, 1.807) is 11.6 Å². The lowest BCUT2D eigenvalue weighted by Crippen LogP contribution is -2.49. The molecule has 1 aliphatic heterocycles. The summed E-state index contributed by atoms with van der Waals surface area (Å²) in [6.07, 6.45) is 2.66. The maximum atomic E-state index is 12.5. The van der Waals surface area contributed by atoms with Gasteiger partial charge in [0.1, 0.15) is 12.1 Å². The molecule has 0 aliphatic carbocycles. The molecule has 0 spiro atoms. The zero-order valence-electron chi connectivity index (χ0n) is 14.0. The molecule has 1 aromatic heterocycles. The van der Waals surface area contributed by atoms with Crippen molar-refractivity contribution in [3.05, 3.63) is 11.6 Å². The number of hydrogen-bond acceptors (Lipinski definition) is 5. The first kappa shape index (κ1) is 17.9. The van der Waals surface area contributed by atoms with E-state index in [0.717, 1.165) is 6.42 Å². The van der Waals surface area contributed by atoms with Gasteiger partial charge in [0.2, 0.25) is 11.8 Å². The third-order valence-electron chi connectivity index (χ3n) is 3.86. The van der Waals surface area contributed by atoms with Crippen molar-refractivity contribution in [1.82, 2.24) is 10.3 Å². The molecular formula is C16H25N3O3S. The number of thiazole rings is 1. The molecule has 7 heteroatoms. The Bertz CT molecular complexity index is 533. The molecule has 0 radical (unpaired) electrons. The van der Waals surface area contributed by atoms with Crippen LogP contribution in [0, 0.1) is 11.8 Å². The van der Waals surface area contributed by atoms with E-state index in [9.17, 15) is 9.59 Å². The molecule has 1 aliphatic rings. The Balaban J connectivity index is 2.00. The second-order valence-electron chi connectivity index (χ2n) is 6.60. The lowest BCUT2D eigenvalue weighted by Gasteiger charge is -2.22. The van der Waals surface area contributed by atoms with Crippen molar-refractivity contribution in [3.63, 3.8) is 0 Å². The highest BCUT2D eigenvalue weighted by atomic mass is 32.1. The zero-order valence-corrected chi connectivity index (χ0v) is 14.9. The number of amides is 2. The summed E-state index contributed by atoms with van der Waals surface area (Å²) in [5.41, 5.74) is 0. The van der Waals surface area contributed by atoms with Crippen LogP contribution in [-0.4, -0.2) is 35.0 Å². The summed E-state index contributed by atoms with van der Waals surface area (Å²) in [7, 11) is 0. The molecule has 0 unspecified atom stereocenters. The largest absolute Gasteiger partial charge is 0.365 e. The van der Waals surface area contributed by atoms with Crippen LogP contribution in [0.3, 0.4) is 0 Å². The van der Waals surface area contributed by atoms with Gasteiger partial charge in [-0.2, -0.15) is 0 Å². The predicted molar refractivity (Wildman–Crippen MR) is 90.2 cm³/mol. The van der Waals surface area contributed by atoms with Gasteiger partial charge in [0, 0.05) is 11.6 Å². The summed E-state index contributed by atoms with van der Waals surface area (Å²) in [5, 5.41) is 7.94. The number of anilines is 1. The molecule has 2 amide bonds. The number of carbonyl (C=O) groups excluding carboxylic acids is 2. The maximum Gasteiger partial charge on any atom is 0.250 e. The van der Waals surface area contributed by atoms with Crippen molar-refractivity contribution in [2.24, 2.45) is 11.8 Å². The van der Waals surface area contributed by atoms with Gasteiger partial charge in [0.25, 0.3) is 0 Å². The van der Waals surface area contributed by atoms with Crippen molar-refractivity contribution < 1.29 is 14.3 Å². The van der Waals surface area contributed by atoms with Crippen LogP contribution in [0.25, 0.3) is 0 Å². The van der Waals surface area contributed by atoms with Gasteiger partial charge in [-0.3, -0.25) is 9.59 Å². The minimum Gasteiger partial charge on any atom is -0.365 e. The number of ether oxygens (including phenoxy) is 1. The van der Waals surface area contributed by atoms with Gasteiger partial charge in [-0.15, -0.1) is 11.3 Å². The second-order valence-corrected chi connectivity index (χ2v) is 7.49. The van der Waals surface area contributed by atoms with Gasteiger partial charge in [-0.25, -0.2) is 4.98 Å². The van der Waals surface area contributed by atoms with E-state index in [1.807, 2.05) is 27.7 Å². The molecule has 128 valence electrons. The lowest BCUT2D eigenvalue weighted by atomic mass is 9.99. The third-order valence-corrected chi connectivity index (χ3v) is 4.55. The fourth-order valence-electron chi connectivity index (χ4n) is 2.84. The molecule has 0 aromatic carbocycles. The predicted octanol–water partition coefficient (Wildman–Crippen LogP) is 2.43. The normalized spacial score (nSPS) is 25.3. The van der Waals surface area contributed by atoms with Crippen molar-refractivity contribution in [1.29, 1.82) is 0 Å². The van der Waals surface area contributed by atoms with Crippen molar-refractivity contribution in [2.75, 3.05) is 5.32 Å². The highest BCUT2D eigenvalue weighted by Crippen LogP contribution is 2.26. The summed E-state index contributed by atoms with van der Waals surface area (Å²) in [5.74, 6) is -0.00241. The van der Waals surface area contributed by atoms with E-state index in [-0.39, 0.29) is 29.8 Å². The summed E-state index contributed by atoms with van der Waals surface area (Å²) < 4.78 is 5.67. The Morgan fingerprint density at radius 1 is 1.43 bits per heavy atom. The third kappa shape index (κ3) is 5.00. The first-order valence-corrected chi connectivity index (χ1v) is 8.91. The fourth-order valence-corrected chi connectivity index (χ4v) is 3.37. The van der Waals surface area contributed by atoms with Gasteiger partial charge in [0.15, 0.2) is 5.13 Å². The van der Waals surface area contributed by atoms with Crippen molar-refractivity contribution in [3.8, 4) is 0 Å². The average molecular weight is 339 g/mol. The first-order valence-electron chi connectivity index (χ1n) is 8.03. The van der Waals surface area contributed by atoms with Gasteiger partial charge in [0.05, 0.1) is 6.10 Å². The Labute approximate surface area is 141 Å². The van der Waals surface area contributed by atoms with E-state index in [0.29, 0.717) is 11.6 Å². The monoisotopic (exact) mass is 339 g/mol. The van der Waals surface area contributed by atoms with Gasteiger partial charge >= 0.3 is 0 Å². The van der Waals surface area contributed by atoms with Crippen LogP contribution in [0.5, 0.6) is 0 Å². The standard InChI is InChI=1S/C16H25N3O3S/c1-9(2)7-12(14(20)19-16-17-5-6-23-16)18-15(21)13-10(3)8-11(4)22-13/h5-6,9-13H,7-8H2,1-4H3,(H,18,21)(H,17,19,20)/t10-,11-,12+,13-/m1/s1. The van der Waals surface area contributed by atoms with Crippen LogP contribution in [-0.2, 0) is 14.3 Å². The highest BCUT2D eigenvalue weighted by molar-refractivity contribution is 7.13. The van der Waals surface area contributed by atoms with Crippen LogP contribution in [0.2, 0.25) is 0 Å². The SMILES string of the molecule is CC(C)C[C@H](NC(=O)[C@@H]1O[C@H](C)C[C@H]1C)C(=O)Nc1nccs1. The second kappa shape index (κ2) is 7.88. The van der Waals surface area contributed by atoms with E-state index < -0.39 is 12.1 Å². The summed E-state index contributed by atoms with van der Waals surface area (Å²) in [6, 6.07) is -0.585. The zero-order chi connectivity index (χ0) is 17.0. The van der Waals surface area contributed by atoms with E-state index in [1.165, 1.54) is 11.3 Å². The Kier molecular flexibility index (Phi) is 6.12. The quantitative estimate of drug-likeness (QED) is 0.834. The molecular weight excluding hydrogens is 314 g/mol. The molecule has 2 heterocycles. The van der Waals surface area contributed by atoms with Crippen molar-refractivity contribution >= 4 is 28.3 Å². The summed E-state index contributed by atoms with van der Waals surface area (Å²) in [6.45, 7) is 8.00. The number of hydrogen-bond donors (Lipinski definition) is 2. The highest BCUT2D eigenvalue weighted by Gasteiger charge is 2.36. The Morgan fingerprint density at radius 3 is 2.70 bits per heavy atom. The van der Waals surface area contributed by atoms with Gasteiger partial charge < -0.3 is 15.4 Å². The molecule has 2 N–H and O–H groups in total. The number of nitrogens with zero attached hydrogens (tertiary/aromatic N) is 1. The smallest absolute Gasteiger partial charge is 0.250 e. The molecule has 1 aromatic rings. The Morgan fingerprint density at radius 2 is 2.17 bits per heavy atom. The summed E-state index contributed by atoms with van der Waals surface area (Å²) in [4.78, 5) is 29.0. The molecule has 0 bridgehead atoms. The van der Waals surface area contributed by atoms with Crippen LogP contribution in [0.15, 0.2) is 11.6 Å². The first-order chi connectivity index (χ1) is 10.9. The van der Waals surface area contributed by atoms with Gasteiger partial charge in [-0.1, -0.05) is 20.8 Å². The van der Waals surface area contributed by atoms with E-state index >= 15 is 0 Å². The minimum absolute atomic E-state index is 0.0773. The van der Waals surface area contributed by atoms with Crippen LogP contribution in [0.1, 0.15) is 40.5 Å². The number of rotatable bonds is 6. The van der Waals surface area contributed by atoms with Crippen LogP contribution >= 0.6 is 11.3 Å². The molecule has 1 saturated heterocycles. The number of carbonyl (C=O) groups is 2. The number of aromatic nitrogens is 1. The minimum atomic E-state index is -0.585. The molecule has 6 nitrogen and oxygen atoms in total. The molecule has 0 saturated carbocycles. The Hall–Kier alpha value is -1.47. The average Bonchev–Trinajstić information content (AvgIpc) is 3.07. The fraction of sp³-hybridized carbons (Fsp3) is 0.688. The maximum absolute atomic E-state index is 12.5. The summed E-state index contributed by atoms with van der Waals surface area (Å²) >= 11 is 1.35. The van der Waals surface area contributed by atoms with Crippen molar-refractivity contribution in [2.45, 2.75) is 58.8 Å². The van der Waals surface area contributed by atoms with Gasteiger partial charge in [-0.05, 0) is 31.6 Å². The number of nitrogens with one attached hydrogen (secondary N) is 2. The van der Waals surface area contributed by atoms with Crippen LogP contribution in [0.4, 0.5) is 5.13 Å². The molecule has 4 atom stereocenters. The van der Waals surface area contributed by atoms with E-state index in [4.69, 9.17) is 4.74 Å². The lowest BCUT2D eigenvalue weighted by molar-refractivity contribution is -0.136. The van der Waals surface area contributed by atoms with Crippen LogP contribution < -0.4 is 10.6 Å².